The van der Waals surface area contributed by atoms with E-state index in [1.165, 1.54) is 5.69 Å². The zero-order valence-corrected chi connectivity index (χ0v) is 9.31. The van der Waals surface area contributed by atoms with Gasteiger partial charge in [-0.15, -0.1) is 0 Å². The van der Waals surface area contributed by atoms with E-state index in [0.717, 1.165) is 30.8 Å². The lowest BCUT2D eigenvalue weighted by molar-refractivity contribution is 0.0991. The standard InChI is InChI=1S/C12H15N3O/c1-9-7-16-6-5-15(9)11-4-2-3-10-12(11)14-8-13-10/h2-4,8-9H,5-7H2,1H3,(H,13,14)/t9-/m0/s1. The van der Waals surface area contributed by atoms with Crippen LogP contribution in [0.5, 0.6) is 0 Å². The van der Waals surface area contributed by atoms with Gasteiger partial charge in [-0.1, -0.05) is 6.07 Å². The first-order chi connectivity index (χ1) is 7.86. The molecule has 1 aliphatic heterocycles. The second-order valence-corrected chi connectivity index (χ2v) is 4.19. The van der Waals surface area contributed by atoms with E-state index in [4.69, 9.17) is 4.74 Å². The third kappa shape index (κ3) is 1.46. The molecule has 1 aliphatic rings. The van der Waals surface area contributed by atoms with Crippen LogP contribution in [0.4, 0.5) is 5.69 Å². The molecule has 1 saturated heterocycles. The maximum absolute atomic E-state index is 5.46. The van der Waals surface area contributed by atoms with E-state index < -0.39 is 0 Å². The molecule has 0 radical (unpaired) electrons. The van der Waals surface area contributed by atoms with Crippen molar-refractivity contribution in [2.45, 2.75) is 13.0 Å². The highest BCUT2D eigenvalue weighted by atomic mass is 16.5. The van der Waals surface area contributed by atoms with E-state index in [2.05, 4.69) is 40.0 Å². The summed E-state index contributed by atoms with van der Waals surface area (Å²) in [5.74, 6) is 0. The van der Waals surface area contributed by atoms with Gasteiger partial charge in [0.1, 0.15) is 5.52 Å². The summed E-state index contributed by atoms with van der Waals surface area (Å²) in [4.78, 5) is 9.90. The number of para-hydroxylation sites is 1. The Bertz CT molecular complexity index is 494. The molecule has 0 bridgehead atoms. The number of ether oxygens (including phenoxy) is 1. The van der Waals surface area contributed by atoms with Crippen LogP contribution >= 0.6 is 0 Å². The van der Waals surface area contributed by atoms with Gasteiger partial charge in [-0.3, -0.25) is 0 Å². The van der Waals surface area contributed by atoms with Gasteiger partial charge in [0, 0.05) is 12.6 Å². The predicted molar refractivity (Wildman–Crippen MR) is 63.7 cm³/mol. The first kappa shape index (κ1) is 9.66. The summed E-state index contributed by atoms with van der Waals surface area (Å²) in [6.45, 7) is 4.71. The predicted octanol–water partition coefficient (Wildman–Crippen LogP) is 1.79. The number of imidazole rings is 1. The number of H-pyrrole nitrogens is 1. The molecule has 4 heteroatoms. The van der Waals surface area contributed by atoms with Crippen molar-refractivity contribution in [1.29, 1.82) is 0 Å². The summed E-state index contributed by atoms with van der Waals surface area (Å²) in [5.41, 5.74) is 3.35. The topological polar surface area (TPSA) is 41.1 Å². The monoisotopic (exact) mass is 217 g/mol. The van der Waals surface area contributed by atoms with Crippen LogP contribution in [0.1, 0.15) is 6.92 Å². The zero-order valence-electron chi connectivity index (χ0n) is 9.31. The van der Waals surface area contributed by atoms with Crippen molar-refractivity contribution < 1.29 is 4.74 Å². The lowest BCUT2D eigenvalue weighted by Crippen LogP contribution is -2.43. The highest BCUT2D eigenvalue weighted by molar-refractivity contribution is 5.88. The molecular formula is C12H15N3O. The second kappa shape index (κ2) is 3.79. The van der Waals surface area contributed by atoms with Crippen LogP contribution in [0.2, 0.25) is 0 Å². The Balaban J connectivity index is 2.07. The second-order valence-electron chi connectivity index (χ2n) is 4.19. The van der Waals surface area contributed by atoms with E-state index in [-0.39, 0.29) is 0 Å². The molecule has 0 amide bonds. The Morgan fingerprint density at radius 2 is 2.44 bits per heavy atom. The lowest BCUT2D eigenvalue weighted by atomic mass is 10.2. The average molecular weight is 217 g/mol. The first-order valence-electron chi connectivity index (χ1n) is 5.63. The largest absolute Gasteiger partial charge is 0.377 e. The normalized spacial score (nSPS) is 21.6. The molecule has 0 spiro atoms. The van der Waals surface area contributed by atoms with Gasteiger partial charge in [0.15, 0.2) is 0 Å². The summed E-state index contributed by atoms with van der Waals surface area (Å²) in [5, 5.41) is 0. The van der Waals surface area contributed by atoms with Gasteiger partial charge in [0.25, 0.3) is 0 Å². The minimum absolute atomic E-state index is 0.413. The van der Waals surface area contributed by atoms with Gasteiger partial charge in [0.2, 0.25) is 0 Å². The molecule has 0 aliphatic carbocycles. The van der Waals surface area contributed by atoms with Crippen LogP contribution in [0.3, 0.4) is 0 Å². The SMILES string of the molecule is C[C@H]1COCCN1c1cccc2[nH]cnc12. The molecule has 1 aromatic carbocycles. The van der Waals surface area contributed by atoms with Gasteiger partial charge < -0.3 is 14.6 Å². The van der Waals surface area contributed by atoms with E-state index in [1.54, 1.807) is 6.33 Å². The van der Waals surface area contributed by atoms with Crippen molar-refractivity contribution >= 4 is 16.7 Å². The van der Waals surface area contributed by atoms with Gasteiger partial charge >= 0.3 is 0 Å². The Labute approximate surface area is 94.2 Å². The van der Waals surface area contributed by atoms with Crippen LogP contribution in [-0.2, 0) is 4.74 Å². The Kier molecular flexibility index (Phi) is 2.29. The molecule has 1 aromatic heterocycles. The number of fused-ring (bicyclic) bond motifs is 1. The van der Waals surface area contributed by atoms with Crippen LogP contribution in [0.25, 0.3) is 11.0 Å². The number of hydrogen-bond acceptors (Lipinski definition) is 3. The molecule has 2 heterocycles. The van der Waals surface area contributed by atoms with Crippen LogP contribution in [0, 0.1) is 0 Å². The smallest absolute Gasteiger partial charge is 0.112 e. The minimum Gasteiger partial charge on any atom is -0.377 e. The maximum Gasteiger partial charge on any atom is 0.112 e. The summed E-state index contributed by atoms with van der Waals surface area (Å²) >= 11 is 0. The first-order valence-corrected chi connectivity index (χ1v) is 5.63. The summed E-state index contributed by atoms with van der Waals surface area (Å²) < 4.78 is 5.46. The number of aromatic nitrogens is 2. The number of aromatic amines is 1. The molecule has 1 fully saturated rings. The minimum atomic E-state index is 0.413. The zero-order chi connectivity index (χ0) is 11.0. The third-order valence-corrected chi connectivity index (χ3v) is 3.11. The fourth-order valence-corrected chi connectivity index (χ4v) is 2.27. The molecular weight excluding hydrogens is 202 g/mol. The van der Waals surface area contributed by atoms with E-state index in [9.17, 15) is 0 Å². The van der Waals surface area contributed by atoms with Crippen molar-refractivity contribution in [3.8, 4) is 0 Å². The van der Waals surface area contributed by atoms with Crippen molar-refractivity contribution in [1.82, 2.24) is 9.97 Å². The number of nitrogens with one attached hydrogen (secondary N) is 1. The van der Waals surface area contributed by atoms with E-state index >= 15 is 0 Å². The number of rotatable bonds is 1. The maximum atomic E-state index is 5.46. The van der Waals surface area contributed by atoms with E-state index in [1.807, 2.05) is 0 Å². The molecule has 1 atom stereocenters. The number of benzene rings is 1. The number of morpholine rings is 1. The van der Waals surface area contributed by atoms with Crippen molar-refractivity contribution in [2.75, 3.05) is 24.7 Å². The Morgan fingerprint density at radius 3 is 3.31 bits per heavy atom. The van der Waals surface area contributed by atoms with Crippen molar-refractivity contribution in [3.05, 3.63) is 24.5 Å². The van der Waals surface area contributed by atoms with Gasteiger partial charge in [-0.25, -0.2) is 4.98 Å². The van der Waals surface area contributed by atoms with Crippen LogP contribution in [-0.4, -0.2) is 35.8 Å². The molecule has 16 heavy (non-hydrogen) atoms. The highest BCUT2D eigenvalue weighted by Crippen LogP contribution is 2.26. The molecule has 3 rings (SSSR count). The molecule has 1 N–H and O–H groups in total. The lowest BCUT2D eigenvalue weighted by Gasteiger charge is -2.35. The highest BCUT2D eigenvalue weighted by Gasteiger charge is 2.21. The van der Waals surface area contributed by atoms with Crippen LogP contribution in [0.15, 0.2) is 24.5 Å². The number of hydrogen-bond donors (Lipinski definition) is 1. The third-order valence-electron chi connectivity index (χ3n) is 3.11. The molecule has 4 nitrogen and oxygen atoms in total. The fourth-order valence-electron chi connectivity index (χ4n) is 2.27. The Hall–Kier alpha value is -1.55. The molecule has 84 valence electrons. The van der Waals surface area contributed by atoms with Crippen molar-refractivity contribution in [3.63, 3.8) is 0 Å². The molecule has 0 saturated carbocycles. The van der Waals surface area contributed by atoms with Gasteiger partial charge in [-0.2, -0.15) is 0 Å². The summed E-state index contributed by atoms with van der Waals surface area (Å²) in [6, 6.07) is 6.66. The van der Waals surface area contributed by atoms with Gasteiger partial charge in [-0.05, 0) is 19.1 Å². The molecule has 0 unspecified atom stereocenters. The van der Waals surface area contributed by atoms with E-state index in [0.29, 0.717) is 6.04 Å². The Morgan fingerprint density at radius 1 is 1.50 bits per heavy atom. The number of anilines is 1. The quantitative estimate of drug-likeness (QED) is 0.791. The molecule has 2 aromatic rings. The number of nitrogens with zero attached hydrogens (tertiary/aromatic N) is 2. The summed E-state index contributed by atoms with van der Waals surface area (Å²) in [6.07, 6.45) is 1.75. The van der Waals surface area contributed by atoms with Crippen molar-refractivity contribution in [2.24, 2.45) is 0 Å². The van der Waals surface area contributed by atoms with Gasteiger partial charge in [0.05, 0.1) is 30.7 Å². The fraction of sp³-hybridized carbons (Fsp3) is 0.417. The van der Waals surface area contributed by atoms with Crippen LogP contribution < -0.4 is 4.90 Å². The summed E-state index contributed by atoms with van der Waals surface area (Å²) in [7, 11) is 0. The average Bonchev–Trinajstić information content (AvgIpc) is 2.77.